The first-order valence-electron chi connectivity index (χ1n) is 3.89. The second-order valence-electron chi connectivity index (χ2n) is 4.03. The molecule has 0 aromatic heterocycles. The van der Waals surface area contributed by atoms with Crippen molar-refractivity contribution in [3.8, 4) is 0 Å². The van der Waals surface area contributed by atoms with E-state index in [0.29, 0.717) is 0 Å². The van der Waals surface area contributed by atoms with Crippen LogP contribution in [0.5, 0.6) is 0 Å². The van der Waals surface area contributed by atoms with Gasteiger partial charge in [0.15, 0.2) is 0 Å². The Morgan fingerprint density at radius 3 is 2.10 bits per heavy atom. The molecular weight excluding hydrogens is 126 g/mol. The summed E-state index contributed by atoms with van der Waals surface area (Å²) in [6.07, 6.45) is 2.38. The van der Waals surface area contributed by atoms with Crippen molar-refractivity contribution < 1.29 is 5.11 Å². The molecule has 0 aromatic rings. The van der Waals surface area contributed by atoms with Gasteiger partial charge in [-0.15, -0.1) is 0 Å². The van der Waals surface area contributed by atoms with Gasteiger partial charge in [0.05, 0.1) is 0 Å². The minimum atomic E-state index is 0.0295. The van der Waals surface area contributed by atoms with Gasteiger partial charge >= 0.3 is 0 Å². The van der Waals surface area contributed by atoms with Crippen LogP contribution in [0.1, 0.15) is 26.7 Å². The Morgan fingerprint density at radius 2 is 2.00 bits per heavy atom. The molecule has 0 amide bonds. The van der Waals surface area contributed by atoms with E-state index in [2.05, 4.69) is 13.8 Å². The SMILES string of the molecule is CC(C)(CO)C1(CN)CC1. The summed E-state index contributed by atoms with van der Waals surface area (Å²) >= 11 is 0. The molecule has 3 N–H and O–H groups in total. The summed E-state index contributed by atoms with van der Waals surface area (Å²) < 4.78 is 0. The third-order valence-electron chi connectivity index (χ3n) is 3.08. The number of hydrogen-bond donors (Lipinski definition) is 2. The quantitative estimate of drug-likeness (QED) is 0.612. The summed E-state index contributed by atoms with van der Waals surface area (Å²) in [6.45, 7) is 5.16. The van der Waals surface area contributed by atoms with Crippen LogP contribution in [-0.4, -0.2) is 18.3 Å². The zero-order valence-corrected chi connectivity index (χ0v) is 6.85. The van der Waals surface area contributed by atoms with Crippen molar-refractivity contribution in [3.63, 3.8) is 0 Å². The molecule has 2 nitrogen and oxygen atoms in total. The van der Waals surface area contributed by atoms with Gasteiger partial charge in [-0.05, 0) is 30.2 Å². The van der Waals surface area contributed by atoms with E-state index in [0.717, 1.165) is 6.54 Å². The Hall–Kier alpha value is -0.0800. The van der Waals surface area contributed by atoms with E-state index in [1.54, 1.807) is 0 Å². The van der Waals surface area contributed by atoms with Crippen LogP contribution in [0.4, 0.5) is 0 Å². The summed E-state index contributed by atoms with van der Waals surface area (Å²) in [5.41, 5.74) is 5.91. The minimum Gasteiger partial charge on any atom is -0.396 e. The van der Waals surface area contributed by atoms with Crippen molar-refractivity contribution in [2.45, 2.75) is 26.7 Å². The van der Waals surface area contributed by atoms with E-state index >= 15 is 0 Å². The molecule has 1 rings (SSSR count). The molecule has 2 heteroatoms. The lowest BCUT2D eigenvalue weighted by Gasteiger charge is -2.31. The van der Waals surface area contributed by atoms with Crippen LogP contribution >= 0.6 is 0 Å². The van der Waals surface area contributed by atoms with Gasteiger partial charge < -0.3 is 10.8 Å². The molecule has 0 saturated heterocycles. The summed E-state index contributed by atoms with van der Waals surface area (Å²) in [5, 5.41) is 9.05. The van der Waals surface area contributed by atoms with Crippen LogP contribution < -0.4 is 5.73 Å². The average molecular weight is 143 g/mol. The van der Waals surface area contributed by atoms with E-state index < -0.39 is 0 Å². The Bertz CT molecular complexity index is 123. The zero-order chi connectivity index (χ0) is 7.83. The first-order chi connectivity index (χ1) is 4.58. The van der Waals surface area contributed by atoms with Gasteiger partial charge in [0, 0.05) is 6.61 Å². The minimum absolute atomic E-state index is 0.0295. The molecule has 0 spiro atoms. The first-order valence-corrected chi connectivity index (χ1v) is 3.89. The van der Waals surface area contributed by atoms with Crippen LogP contribution in [0.2, 0.25) is 0 Å². The third-order valence-corrected chi connectivity index (χ3v) is 3.08. The summed E-state index contributed by atoms with van der Waals surface area (Å²) in [5.74, 6) is 0. The molecule has 0 unspecified atom stereocenters. The lowest BCUT2D eigenvalue weighted by molar-refractivity contribution is 0.0852. The lowest BCUT2D eigenvalue weighted by atomic mass is 9.76. The number of rotatable bonds is 3. The van der Waals surface area contributed by atoms with Crippen LogP contribution in [0.25, 0.3) is 0 Å². The van der Waals surface area contributed by atoms with Crippen molar-refractivity contribution in [2.75, 3.05) is 13.2 Å². The molecule has 0 aliphatic heterocycles. The molecular formula is C8H17NO. The average Bonchev–Trinajstić information content (AvgIpc) is 2.67. The summed E-state index contributed by atoms with van der Waals surface area (Å²) in [7, 11) is 0. The maximum absolute atomic E-state index is 9.05. The van der Waals surface area contributed by atoms with E-state index in [9.17, 15) is 0 Å². The molecule has 1 aliphatic rings. The normalized spacial score (nSPS) is 22.8. The van der Waals surface area contributed by atoms with Gasteiger partial charge in [-0.1, -0.05) is 13.8 Å². The maximum atomic E-state index is 9.05. The Morgan fingerprint density at radius 1 is 1.50 bits per heavy atom. The summed E-state index contributed by atoms with van der Waals surface area (Å²) in [4.78, 5) is 0. The lowest BCUT2D eigenvalue weighted by Crippen LogP contribution is -2.35. The maximum Gasteiger partial charge on any atom is 0.0487 e. The van der Waals surface area contributed by atoms with Gasteiger partial charge in [0.25, 0.3) is 0 Å². The molecule has 10 heavy (non-hydrogen) atoms. The highest BCUT2D eigenvalue weighted by molar-refractivity contribution is 5.03. The third kappa shape index (κ3) is 0.956. The molecule has 0 atom stereocenters. The predicted molar refractivity (Wildman–Crippen MR) is 41.6 cm³/mol. The number of hydrogen-bond acceptors (Lipinski definition) is 2. The van der Waals surface area contributed by atoms with E-state index in [-0.39, 0.29) is 17.4 Å². The Labute approximate surface area is 62.4 Å². The van der Waals surface area contributed by atoms with Crippen molar-refractivity contribution >= 4 is 0 Å². The van der Waals surface area contributed by atoms with Crippen molar-refractivity contribution in [2.24, 2.45) is 16.6 Å². The van der Waals surface area contributed by atoms with Gasteiger partial charge in [-0.2, -0.15) is 0 Å². The molecule has 0 radical (unpaired) electrons. The highest BCUT2D eigenvalue weighted by atomic mass is 16.3. The van der Waals surface area contributed by atoms with Crippen molar-refractivity contribution in [3.05, 3.63) is 0 Å². The number of aliphatic hydroxyl groups is 1. The molecule has 1 saturated carbocycles. The Balaban J connectivity index is 2.62. The fourth-order valence-electron chi connectivity index (χ4n) is 1.48. The molecule has 0 bridgehead atoms. The molecule has 0 heterocycles. The highest BCUT2D eigenvalue weighted by Gasteiger charge is 2.52. The van der Waals surface area contributed by atoms with Gasteiger partial charge in [0.1, 0.15) is 0 Å². The largest absolute Gasteiger partial charge is 0.396 e. The van der Waals surface area contributed by atoms with Crippen LogP contribution in [0, 0.1) is 10.8 Å². The standard InChI is InChI=1S/C8H17NO/c1-7(2,6-10)8(5-9)3-4-8/h10H,3-6,9H2,1-2H3. The van der Waals surface area contributed by atoms with Crippen LogP contribution in [-0.2, 0) is 0 Å². The fourth-order valence-corrected chi connectivity index (χ4v) is 1.48. The van der Waals surface area contributed by atoms with E-state index in [1.165, 1.54) is 12.8 Å². The predicted octanol–water partition coefficient (Wildman–Crippen LogP) is 0.744. The molecule has 60 valence electrons. The fraction of sp³-hybridized carbons (Fsp3) is 1.00. The Kier molecular flexibility index (Phi) is 1.77. The smallest absolute Gasteiger partial charge is 0.0487 e. The number of aliphatic hydroxyl groups excluding tert-OH is 1. The molecule has 0 aromatic carbocycles. The van der Waals surface area contributed by atoms with E-state index in [4.69, 9.17) is 10.8 Å². The second kappa shape index (κ2) is 2.21. The number of nitrogens with two attached hydrogens (primary N) is 1. The zero-order valence-electron chi connectivity index (χ0n) is 6.85. The van der Waals surface area contributed by atoms with Gasteiger partial charge in [-0.25, -0.2) is 0 Å². The van der Waals surface area contributed by atoms with E-state index in [1.807, 2.05) is 0 Å². The first kappa shape index (κ1) is 8.02. The van der Waals surface area contributed by atoms with Crippen molar-refractivity contribution in [1.82, 2.24) is 0 Å². The van der Waals surface area contributed by atoms with Crippen LogP contribution in [0.15, 0.2) is 0 Å². The topological polar surface area (TPSA) is 46.2 Å². The molecule has 1 aliphatic carbocycles. The summed E-state index contributed by atoms with van der Waals surface area (Å²) in [6, 6.07) is 0. The second-order valence-corrected chi connectivity index (χ2v) is 4.03. The van der Waals surface area contributed by atoms with Crippen molar-refractivity contribution in [1.29, 1.82) is 0 Å². The molecule has 1 fully saturated rings. The van der Waals surface area contributed by atoms with Gasteiger partial charge in [0.2, 0.25) is 0 Å². The monoisotopic (exact) mass is 143 g/mol. The van der Waals surface area contributed by atoms with Crippen LogP contribution in [0.3, 0.4) is 0 Å². The van der Waals surface area contributed by atoms with Gasteiger partial charge in [-0.3, -0.25) is 0 Å². The highest BCUT2D eigenvalue weighted by Crippen LogP contribution is 2.57.